The first-order valence-corrected chi connectivity index (χ1v) is 4.41. The SMILES string of the molecule is C#C.CNC.OC1CCCCC1. The molecular weight excluding hydrogens is 150 g/mol. The van der Waals surface area contributed by atoms with Crippen LogP contribution in [-0.4, -0.2) is 25.3 Å². The Labute approximate surface area is 76.4 Å². The lowest BCUT2D eigenvalue weighted by Gasteiger charge is -2.14. The van der Waals surface area contributed by atoms with Crippen LogP contribution >= 0.6 is 0 Å². The van der Waals surface area contributed by atoms with Gasteiger partial charge in [0.15, 0.2) is 0 Å². The molecule has 1 fully saturated rings. The van der Waals surface area contributed by atoms with Crippen molar-refractivity contribution in [3.05, 3.63) is 0 Å². The molecule has 12 heavy (non-hydrogen) atoms. The van der Waals surface area contributed by atoms with Crippen LogP contribution in [0.5, 0.6) is 0 Å². The number of terminal acetylenes is 1. The van der Waals surface area contributed by atoms with Gasteiger partial charge in [0.2, 0.25) is 0 Å². The van der Waals surface area contributed by atoms with Gasteiger partial charge >= 0.3 is 0 Å². The van der Waals surface area contributed by atoms with Crippen molar-refractivity contribution < 1.29 is 5.11 Å². The van der Waals surface area contributed by atoms with Gasteiger partial charge in [0.25, 0.3) is 0 Å². The van der Waals surface area contributed by atoms with E-state index >= 15 is 0 Å². The summed E-state index contributed by atoms with van der Waals surface area (Å²) in [5, 5.41) is 11.7. The van der Waals surface area contributed by atoms with E-state index < -0.39 is 0 Å². The molecule has 0 aliphatic heterocycles. The normalized spacial score (nSPS) is 16.4. The van der Waals surface area contributed by atoms with Crippen molar-refractivity contribution in [2.24, 2.45) is 0 Å². The van der Waals surface area contributed by atoms with Crippen molar-refractivity contribution in [2.45, 2.75) is 38.2 Å². The van der Waals surface area contributed by atoms with Gasteiger partial charge in [0.05, 0.1) is 6.10 Å². The van der Waals surface area contributed by atoms with Crippen molar-refractivity contribution in [3.63, 3.8) is 0 Å². The maximum Gasteiger partial charge on any atom is 0.0540 e. The summed E-state index contributed by atoms with van der Waals surface area (Å²) in [4.78, 5) is 0. The maximum atomic E-state index is 8.91. The second-order valence-electron chi connectivity index (χ2n) is 2.79. The standard InChI is InChI=1S/C6H12O.C2H7N.C2H2/c7-6-4-2-1-3-5-6;1-3-2;1-2/h6-7H,1-5H2;3H,1-2H3;1-2H. The molecule has 1 aliphatic rings. The molecule has 0 bridgehead atoms. The minimum atomic E-state index is 0.0359. The first-order valence-electron chi connectivity index (χ1n) is 4.41. The number of aliphatic hydroxyl groups excluding tert-OH is 1. The van der Waals surface area contributed by atoms with Crippen LogP contribution in [0.2, 0.25) is 0 Å². The fourth-order valence-electron chi connectivity index (χ4n) is 1.08. The van der Waals surface area contributed by atoms with E-state index in [1.165, 1.54) is 19.3 Å². The second-order valence-corrected chi connectivity index (χ2v) is 2.79. The minimum Gasteiger partial charge on any atom is -0.393 e. The van der Waals surface area contributed by atoms with Crippen molar-refractivity contribution in [1.82, 2.24) is 5.32 Å². The molecule has 0 amide bonds. The lowest BCUT2D eigenvalue weighted by Crippen LogP contribution is -2.09. The highest BCUT2D eigenvalue weighted by Gasteiger charge is 2.07. The fraction of sp³-hybridized carbons (Fsp3) is 0.800. The highest BCUT2D eigenvalue weighted by atomic mass is 16.3. The predicted octanol–water partition coefficient (Wildman–Crippen LogP) is 1.40. The molecule has 0 unspecified atom stereocenters. The average molecular weight is 171 g/mol. The number of nitrogens with one attached hydrogen (secondary N) is 1. The molecule has 1 saturated carbocycles. The van der Waals surface area contributed by atoms with Crippen LogP contribution in [0.4, 0.5) is 0 Å². The Balaban J connectivity index is 0. The van der Waals surface area contributed by atoms with Crippen LogP contribution in [-0.2, 0) is 0 Å². The van der Waals surface area contributed by atoms with E-state index in [-0.39, 0.29) is 6.10 Å². The molecule has 2 N–H and O–H groups in total. The molecule has 0 radical (unpaired) electrons. The smallest absolute Gasteiger partial charge is 0.0540 e. The first kappa shape index (κ1) is 14.0. The largest absolute Gasteiger partial charge is 0.393 e. The molecule has 0 aromatic rings. The Morgan fingerprint density at radius 2 is 1.42 bits per heavy atom. The van der Waals surface area contributed by atoms with Gasteiger partial charge in [0, 0.05) is 0 Å². The Hall–Kier alpha value is -0.520. The summed E-state index contributed by atoms with van der Waals surface area (Å²) in [5.74, 6) is 0. The third-order valence-electron chi connectivity index (χ3n) is 1.57. The number of aliphatic hydroxyl groups is 1. The lowest BCUT2D eigenvalue weighted by atomic mass is 9.98. The van der Waals surface area contributed by atoms with Gasteiger partial charge < -0.3 is 10.4 Å². The predicted molar refractivity (Wildman–Crippen MR) is 54.0 cm³/mol. The molecule has 1 aliphatic carbocycles. The lowest BCUT2D eigenvalue weighted by molar-refractivity contribution is 0.130. The Morgan fingerprint density at radius 3 is 1.58 bits per heavy atom. The van der Waals surface area contributed by atoms with E-state index in [2.05, 4.69) is 18.2 Å². The van der Waals surface area contributed by atoms with E-state index in [9.17, 15) is 0 Å². The molecule has 2 heteroatoms. The molecule has 1 rings (SSSR count). The number of rotatable bonds is 0. The average Bonchev–Trinajstić information content (AvgIpc) is 2.11. The minimum absolute atomic E-state index is 0.0359. The molecule has 72 valence electrons. The summed E-state index contributed by atoms with van der Waals surface area (Å²) in [6, 6.07) is 0. The van der Waals surface area contributed by atoms with Gasteiger partial charge in [-0.25, -0.2) is 0 Å². The Morgan fingerprint density at radius 1 is 1.08 bits per heavy atom. The van der Waals surface area contributed by atoms with Gasteiger partial charge in [0.1, 0.15) is 0 Å². The van der Waals surface area contributed by atoms with Gasteiger partial charge in [-0.2, -0.15) is 0 Å². The van der Waals surface area contributed by atoms with Crippen molar-refractivity contribution in [2.75, 3.05) is 14.1 Å². The van der Waals surface area contributed by atoms with Crippen molar-refractivity contribution in [3.8, 4) is 12.8 Å². The van der Waals surface area contributed by atoms with E-state index in [1.54, 1.807) is 0 Å². The summed E-state index contributed by atoms with van der Waals surface area (Å²) in [7, 11) is 3.75. The van der Waals surface area contributed by atoms with E-state index in [1.807, 2.05) is 14.1 Å². The van der Waals surface area contributed by atoms with Gasteiger partial charge in [-0.05, 0) is 26.9 Å². The van der Waals surface area contributed by atoms with Gasteiger partial charge in [-0.1, -0.05) is 19.3 Å². The zero-order valence-corrected chi connectivity index (χ0v) is 8.21. The van der Waals surface area contributed by atoms with Crippen LogP contribution in [0.15, 0.2) is 0 Å². The molecular formula is C10H21NO. The summed E-state index contributed by atoms with van der Waals surface area (Å²) in [5.41, 5.74) is 0. The Kier molecular flexibility index (Phi) is 15.3. The van der Waals surface area contributed by atoms with Crippen LogP contribution in [0.3, 0.4) is 0 Å². The second kappa shape index (κ2) is 13.1. The third-order valence-corrected chi connectivity index (χ3v) is 1.57. The summed E-state index contributed by atoms with van der Waals surface area (Å²) in [6.07, 6.45) is 13.9. The topological polar surface area (TPSA) is 32.3 Å². The number of hydrogen-bond acceptors (Lipinski definition) is 2. The van der Waals surface area contributed by atoms with E-state index in [4.69, 9.17) is 5.11 Å². The Bertz CT molecular complexity index is 85.1. The fourth-order valence-corrected chi connectivity index (χ4v) is 1.08. The van der Waals surface area contributed by atoms with Crippen molar-refractivity contribution in [1.29, 1.82) is 0 Å². The molecule has 0 saturated heterocycles. The zero-order valence-electron chi connectivity index (χ0n) is 8.21. The molecule has 0 heterocycles. The summed E-state index contributed by atoms with van der Waals surface area (Å²) in [6.45, 7) is 0. The quantitative estimate of drug-likeness (QED) is 0.540. The zero-order chi connectivity index (χ0) is 9.82. The number of hydrogen-bond donors (Lipinski definition) is 2. The molecule has 0 aromatic heterocycles. The van der Waals surface area contributed by atoms with E-state index in [0.717, 1.165) is 12.8 Å². The molecule has 0 atom stereocenters. The summed E-state index contributed by atoms with van der Waals surface area (Å²) < 4.78 is 0. The van der Waals surface area contributed by atoms with Gasteiger partial charge in [-0.3, -0.25) is 0 Å². The highest BCUT2D eigenvalue weighted by Crippen LogP contribution is 2.16. The molecule has 0 spiro atoms. The molecule has 0 aromatic carbocycles. The monoisotopic (exact) mass is 171 g/mol. The summed E-state index contributed by atoms with van der Waals surface area (Å²) >= 11 is 0. The van der Waals surface area contributed by atoms with Crippen LogP contribution in [0.25, 0.3) is 0 Å². The third kappa shape index (κ3) is 12.2. The van der Waals surface area contributed by atoms with E-state index in [0.29, 0.717) is 0 Å². The van der Waals surface area contributed by atoms with Crippen LogP contribution < -0.4 is 5.32 Å². The highest BCUT2D eigenvalue weighted by molar-refractivity contribution is 4.61. The first-order chi connectivity index (χ1) is 5.81. The van der Waals surface area contributed by atoms with Crippen molar-refractivity contribution >= 4 is 0 Å². The molecule has 2 nitrogen and oxygen atoms in total. The van der Waals surface area contributed by atoms with Crippen LogP contribution in [0.1, 0.15) is 32.1 Å². The van der Waals surface area contributed by atoms with Gasteiger partial charge in [-0.15, -0.1) is 12.8 Å². The maximum absolute atomic E-state index is 8.91. The van der Waals surface area contributed by atoms with Crippen LogP contribution in [0, 0.1) is 12.8 Å².